The Morgan fingerprint density at radius 2 is 2.08 bits per heavy atom. The molecule has 1 N–H and O–H groups in total. The number of halogens is 1. The smallest absolute Gasteiger partial charge is 0.254 e. The normalized spacial score (nSPS) is 14.5. The van der Waals surface area contributed by atoms with Crippen LogP contribution in [0.1, 0.15) is 17.0 Å². The van der Waals surface area contributed by atoms with Crippen molar-refractivity contribution in [1.82, 2.24) is 14.9 Å². The van der Waals surface area contributed by atoms with Gasteiger partial charge in [0, 0.05) is 29.2 Å². The van der Waals surface area contributed by atoms with Crippen molar-refractivity contribution >= 4 is 11.6 Å². The largest absolute Gasteiger partial charge is 0.468 e. The van der Waals surface area contributed by atoms with Crippen LogP contribution in [0.5, 0.6) is 0 Å². The summed E-state index contributed by atoms with van der Waals surface area (Å²) in [5.74, 6) is 1.50. The van der Waals surface area contributed by atoms with Gasteiger partial charge < -0.3 is 9.40 Å². The highest BCUT2D eigenvalue weighted by atomic mass is 35.5. The van der Waals surface area contributed by atoms with E-state index in [1.807, 2.05) is 24.3 Å². The number of rotatable bonds is 3. The summed E-state index contributed by atoms with van der Waals surface area (Å²) in [7, 11) is 0. The lowest BCUT2D eigenvalue weighted by molar-refractivity contribution is 0.221. The second-order valence-corrected chi connectivity index (χ2v) is 6.32. The van der Waals surface area contributed by atoms with Gasteiger partial charge in [0.1, 0.15) is 11.6 Å². The third kappa shape index (κ3) is 3.00. The molecule has 0 radical (unpaired) electrons. The first-order chi connectivity index (χ1) is 11.7. The van der Waals surface area contributed by atoms with Crippen LogP contribution >= 0.6 is 11.6 Å². The molecular formula is C18H16ClN3O2. The Morgan fingerprint density at radius 1 is 1.25 bits per heavy atom. The molecular weight excluding hydrogens is 326 g/mol. The van der Waals surface area contributed by atoms with Crippen molar-refractivity contribution in [2.75, 3.05) is 6.54 Å². The summed E-state index contributed by atoms with van der Waals surface area (Å²) in [4.78, 5) is 22.2. The van der Waals surface area contributed by atoms with Crippen LogP contribution in [-0.2, 0) is 19.5 Å². The van der Waals surface area contributed by atoms with Crippen molar-refractivity contribution in [2.24, 2.45) is 0 Å². The lowest BCUT2D eigenvalue weighted by Gasteiger charge is -2.26. The van der Waals surface area contributed by atoms with Gasteiger partial charge in [0.2, 0.25) is 0 Å². The van der Waals surface area contributed by atoms with E-state index in [0.717, 1.165) is 35.7 Å². The Kier molecular flexibility index (Phi) is 3.96. The van der Waals surface area contributed by atoms with Crippen molar-refractivity contribution in [2.45, 2.75) is 19.5 Å². The van der Waals surface area contributed by atoms with Crippen molar-refractivity contribution in [3.8, 4) is 11.4 Å². The van der Waals surface area contributed by atoms with Crippen LogP contribution in [0.3, 0.4) is 0 Å². The molecule has 0 saturated carbocycles. The fourth-order valence-electron chi connectivity index (χ4n) is 3.00. The highest BCUT2D eigenvalue weighted by Crippen LogP contribution is 2.21. The molecule has 4 rings (SSSR count). The summed E-state index contributed by atoms with van der Waals surface area (Å²) >= 11 is 5.92. The van der Waals surface area contributed by atoms with Crippen LogP contribution in [0.25, 0.3) is 11.4 Å². The molecule has 0 amide bonds. The SMILES string of the molecule is O=c1[nH]c(-c2ccc(Cl)cc2)nc2c1CCN(Cc1ccco1)C2. The predicted octanol–water partition coefficient (Wildman–Crippen LogP) is 3.24. The van der Waals surface area contributed by atoms with Crippen LogP contribution in [0.15, 0.2) is 51.9 Å². The van der Waals surface area contributed by atoms with Crippen LogP contribution in [0.2, 0.25) is 5.02 Å². The van der Waals surface area contributed by atoms with Crippen LogP contribution in [0.4, 0.5) is 0 Å². The van der Waals surface area contributed by atoms with Gasteiger partial charge >= 0.3 is 0 Å². The van der Waals surface area contributed by atoms with Gasteiger partial charge in [0.15, 0.2) is 0 Å². The first-order valence-electron chi connectivity index (χ1n) is 7.82. The standard InChI is InChI=1S/C18H16ClN3O2/c19-13-5-3-12(4-6-13)17-20-16-11-22(10-14-2-1-9-24-14)8-7-15(16)18(23)21-17/h1-6,9H,7-8,10-11H2,(H,20,21,23). The zero-order chi connectivity index (χ0) is 16.5. The minimum absolute atomic E-state index is 0.0531. The molecule has 3 aromatic rings. The lowest BCUT2D eigenvalue weighted by atomic mass is 10.1. The number of furan rings is 1. The second-order valence-electron chi connectivity index (χ2n) is 5.89. The maximum atomic E-state index is 12.4. The average Bonchev–Trinajstić information content (AvgIpc) is 3.08. The molecule has 122 valence electrons. The molecule has 1 aliphatic rings. The van der Waals surface area contributed by atoms with E-state index in [1.165, 1.54) is 0 Å². The summed E-state index contributed by atoms with van der Waals surface area (Å²) < 4.78 is 5.41. The number of aromatic amines is 1. The molecule has 5 nitrogen and oxygen atoms in total. The highest BCUT2D eigenvalue weighted by Gasteiger charge is 2.22. The van der Waals surface area contributed by atoms with Gasteiger partial charge in [-0.25, -0.2) is 4.98 Å². The maximum Gasteiger partial charge on any atom is 0.254 e. The monoisotopic (exact) mass is 341 g/mol. The molecule has 0 aliphatic carbocycles. The molecule has 3 heterocycles. The van der Waals surface area contributed by atoms with Crippen molar-refractivity contribution in [3.63, 3.8) is 0 Å². The van der Waals surface area contributed by atoms with E-state index in [2.05, 4.69) is 14.9 Å². The van der Waals surface area contributed by atoms with Crippen molar-refractivity contribution < 1.29 is 4.42 Å². The summed E-state index contributed by atoms with van der Waals surface area (Å²) in [5.41, 5.74) is 2.41. The summed E-state index contributed by atoms with van der Waals surface area (Å²) in [6, 6.07) is 11.1. The molecule has 0 spiro atoms. The molecule has 2 aromatic heterocycles. The van der Waals surface area contributed by atoms with Crippen LogP contribution < -0.4 is 5.56 Å². The van der Waals surface area contributed by atoms with Gasteiger partial charge in [0.25, 0.3) is 5.56 Å². The minimum Gasteiger partial charge on any atom is -0.468 e. The molecule has 6 heteroatoms. The van der Waals surface area contributed by atoms with Crippen molar-refractivity contribution in [3.05, 3.63) is 75.1 Å². The molecule has 24 heavy (non-hydrogen) atoms. The summed E-state index contributed by atoms with van der Waals surface area (Å²) in [5, 5.41) is 0.656. The topological polar surface area (TPSA) is 62.1 Å². The average molecular weight is 342 g/mol. The third-order valence-corrected chi connectivity index (χ3v) is 4.48. The van der Waals surface area contributed by atoms with Crippen LogP contribution in [0, 0.1) is 0 Å². The third-order valence-electron chi connectivity index (χ3n) is 4.23. The minimum atomic E-state index is -0.0531. The van der Waals surface area contributed by atoms with Gasteiger partial charge in [-0.15, -0.1) is 0 Å². The Labute approximate surface area is 143 Å². The van der Waals surface area contributed by atoms with E-state index in [1.54, 1.807) is 18.4 Å². The number of hydrogen-bond donors (Lipinski definition) is 1. The first kappa shape index (κ1) is 15.2. The maximum absolute atomic E-state index is 12.4. The molecule has 0 fully saturated rings. The lowest BCUT2D eigenvalue weighted by Crippen LogP contribution is -2.35. The zero-order valence-electron chi connectivity index (χ0n) is 13.0. The van der Waals surface area contributed by atoms with E-state index in [9.17, 15) is 4.79 Å². The van der Waals surface area contributed by atoms with E-state index in [-0.39, 0.29) is 5.56 Å². The Hall–Kier alpha value is -2.37. The number of hydrogen-bond acceptors (Lipinski definition) is 4. The van der Waals surface area contributed by atoms with Gasteiger partial charge in [-0.2, -0.15) is 0 Å². The number of nitrogens with one attached hydrogen (secondary N) is 1. The van der Waals surface area contributed by atoms with Gasteiger partial charge in [0.05, 0.1) is 18.5 Å². The van der Waals surface area contributed by atoms with Gasteiger partial charge in [-0.3, -0.25) is 9.69 Å². The predicted molar refractivity (Wildman–Crippen MR) is 91.8 cm³/mol. The Morgan fingerprint density at radius 3 is 2.83 bits per heavy atom. The highest BCUT2D eigenvalue weighted by molar-refractivity contribution is 6.30. The quantitative estimate of drug-likeness (QED) is 0.794. The molecule has 1 aromatic carbocycles. The van der Waals surface area contributed by atoms with Crippen molar-refractivity contribution in [1.29, 1.82) is 0 Å². The number of benzene rings is 1. The number of aromatic nitrogens is 2. The molecule has 1 aliphatic heterocycles. The van der Waals surface area contributed by atoms with E-state index in [0.29, 0.717) is 23.8 Å². The van der Waals surface area contributed by atoms with E-state index in [4.69, 9.17) is 16.0 Å². The van der Waals surface area contributed by atoms with E-state index < -0.39 is 0 Å². The van der Waals surface area contributed by atoms with Gasteiger partial charge in [-0.05, 0) is 42.8 Å². The molecule has 0 bridgehead atoms. The fourth-order valence-corrected chi connectivity index (χ4v) is 3.12. The molecule has 0 atom stereocenters. The number of fused-ring (bicyclic) bond motifs is 1. The second kappa shape index (κ2) is 6.26. The first-order valence-corrected chi connectivity index (χ1v) is 8.19. The summed E-state index contributed by atoms with van der Waals surface area (Å²) in [6.45, 7) is 2.18. The Balaban J connectivity index is 1.64. The van der Waals surface area contributed by atoms with Gasteiger partial charge in [-0.1, -0.05) is 11.6 Å². The summed E-state index contributed by atoms with van der Waals surface area (Å²) in [6.07, 6.45) is 2.37. The Bertz CT molecular complexity index is 901. The number of H-pyrrole nitrogens is 1. The zero-order valence-corrected chi connectivity index (χ0v) is 13.7. The fraction of sp³-hybridized carbons (Fsp3) is 0.222. The number of nitrogens with zero attached hydrogens (tertiary/aromatic N) is 2. The van der Waals surface area contributed by atoms with E-state index >= 15 is 0 Å². The molecule has 0 unspecified atom stereocenters. The molecule has 0 saturated heterocycles. The van der Waals surface area contributed by atoms with Crippen LogP contribution in [-0.4, -0.2) is 21.4 Å².